The molecule has 1 N–H and O–H groups in total. The van der Waals surface area contributed by atoms with Gasteiger partial charge in [0.1, 0.15) is 0 Å². The largest absolute Gasteiger partial charge is 0.307 e. The second kappa shape index (κ2) is 7.63. The summed E-state index contributed by atoms with van der Waals surface area (Å²) in [4.78, 5) is 28.5. The fourth-order valence-corrected chi connectivity index (χ4v) is 6.58. The Labute approximate surface area is 175 Å². The van der Waals surface area contributed by atoms with Gasteiger partial charge in [0.2, 0.25) is 15.9 Å². The molecule has 8 nitrogen and oxygen atoms in total. The first-order valence-electron chi connectivity index (χ1n) is 9.08. The highest BCUT2D eigenvalue weighted by Crippen LogP contribution is 2.28. The number of carbonyl (C=O) groups excluding carboxylic acids is 1. The Bertz CT molecular complexity index is 1230. The molecule has 1 fully saturated rings. The zero-order valence-corrected chi connectivity index (χ0v) is 18.4. The maximum atomic E-state index is 13.0. The van der Waals surface area contributed by atoms with Gasteiger partial charge in [-0.15, -0.1) is 11.3 Å². The summed E-state index contributed by atoms with van der Waals surface area (Å²) >= 11 is 2.40. The predicted octanol–water partition coefficient (Wildman–Crippen LogP) is 2.40. The number of nitrogens with one attached hydrogen (secondary N) is 1. The van der Waals surface area contributed by atoms with E-state index in [1.54, 1.807) is 19.2 Å². The summed E-state index contributed by atoms with van der Waals surface area (Å²) in [5, 5.41) is 5.25. The van der Waals surface area contributed by atoms with Crippen LogP contribution in [-0.2, 0) is 21.9 Å². The Kier molecular flexibility index (Phi) is 5.32. The summed E-state index contributed by atoms with van der Waals surface area (Å²) in [7, 11) is -2.01. The van der Waals surface area contributed by atoms with Gasteiger partial charge in [-0.25, -0.2) is 13.4 Å². The number of aryl methyl sites for hydroxylation is 2. The van der Waals surface area contributed by atoms with Crippen molar-refractivity contribution in [3.8, 4) is 0 Å². The van der Waals surface area contributed by atoms with Crippen molar-refractivity contribution in [3.63, 3.8) is 0 Å². The highest BCUT2D eigenvalue weighted by Gasteiger charge is 2.32. The molecule has 0 aliphatic carbocycles. The van der Waals surface area contributed by atoms with Gasteiger partial charge in [0.25, 0.3) is 0 Å². The lowest BCUT2D eigenvalue weighted by Crippen LogP contribution is -2.41. The van der Waals surface area contributed by atoms with Crippen LogP contribution >= 0.6 is 22.7 Å². The lowest BCUT2D eigenvalue weighted by molar-refractivity contribution is -0.120. The van der Waals surface area contributed by atoms with Gasteiger partial charge < -0.3 is 9.88 Å². The minimum absolute atomic E-state index is 0.119. The molecular weight excluding hydrogens is 432 g/mol. The lowest BCUT2D eigenvalue weighted by Gasteiger charge is -2.30. The Morgan fingerprint density at radius 3 is 2.66 bits per heavy atom. The van der Waals surface area contributed by atoms with E-state index in [2.05, 4.69) is 10.3 Å². The van der Waals surface area contributed by atoms with E-state index < -0.39 is 10.0 Å². The van der Waals surface area contributed by atoms with Gasteiger partial charge in [-0.1, -0.05) is 11.3 Å². The third-order valence-corrected chi connectivity index (χ3v) is 8.84. The van der Waals surface area contributed by atoms with Crippen LogP contribution in [0.5, 0.6) is 0 Å². The van der Waals surface area contributed by atoms with Crippen molar-refractivity contribution >= 4 is 54.0 Å². The highest BCUT2D eigenvalue weighted by atomic mass is 32.2. The third-order valence-electron chi connectivity index (χ3n) is 5.08. The molecule has 1 aliphatic rings. The molecule has 0 saturated carbocycles. The van der Waals surface area contributed by atoms with Crippen molar-refractivity contribution in [2.45, 2.75) is 24.7 Å². The molecule has 29 heavy (non-hydrogen) atoms. The molecule has 0 bridgehead atoms. The Balaban J connectivity index is 1.46. The predicted molar refractivity (Wildman–Crippen MR) is 114 cm³/mol. The first-order chi connectivity index (χ1) is 13.8. The first kappa shape index (κ1) is 20.2. The number of piperidine rings is 1. The van der Waals surface area contributed by atoms with E-state index in [-0.39, 0.29) is 34.7 Å². The van der Waals surface area contributed by atoms with E-state index in [1.165, 1.54) is 26.3 Å². The maximum absolute atomic E-state index is 13.0. The van der Waals surface area contributed by atoms with Gasteiger partial charge >= 0.3 is 4.87 Å². The maximum Gasteiger partial charge on any atom is 0.307 e. The summed E-state index contributed by atoms with van der Waals surface area (Å²) < 4.78 is 29.6. The average molecular weight is 453 g/mol. The summed E-state index contributed by atoms with van der Waals surface area (Å²) in [5.41, 5.74) is 1.57. The number of rotatable bonds is 4. The van der Waals surface area contributed by atoms with Gasteiger partial charge in [0.15, 0.2) is 5.13 Å². The average Bonchev–Trinajstić information content (AvgIpc) is 3.24. The smallest absolute Gasteiger partial charge is 0.302 e. The molecule has 0 atom stereocenters. The molecule has 1 saturated heterocycles. The summed E-state index contributed by atoms with van der Waals surface area (Å²) in [6.07, 6.45) is 0.909. The molecule has 0 unspecified atom stereocenters. The van der Waals surface area contributed by atoms with Crippen LogP contribution < -0.4 is 10.2 Å². The van der Waals surface area contributed by atoms with Crippen molar-refractivity contribution in [2.24, 2.45) is 13.0 Å². The van der Waals surface area contributed by atoms with Crippen molar-refractivity contribution < 1.29 is 13.2 Å². The zero-order chi connectivity index (χ0) is 20.8. The standard InChI is InChI=1S/C18H20N4O4S3/c1-11-10-27-17(19-11)20-16(23)12-5-7-22(8-6-12)29(25,26)13-3-4-14-15(9-13)28-18(24)21(14)2/h3-4,9-10,12H,5-8H2,1-2H3,(H,19,20,23). The fourth-order valence-electron chi connectivity index (χ4n) is 3.40. The lowest BCUT2D eigenvalue weighted by atomic mass is 9.97. The molecule has 0 spiro atoms. The van der Waals surface area contributed by atoms with E-state index in [0.717, 1.165) is 17.0 Å². The molecule has 154 valence electrons. The monoisotopic (exact) mass is 452 g/mol. The van der Waals surface area contributed by atoms with Crippen LogP contribution in [0.2, 0.25) is 0 Å². The molecule has 3 heterocycles. The van der Waals surface area contributed by atoms with Crippen LogP contribution in [0, 0.1) is 12.8 Å². The number of hydrogen-bond donors (Lipinski definition) is 1. The minimum Gasteiger partial charge on any atom is -0.302 e. The number of anilines is 1. The van der Waals surface area contributed by atoms with Gasteiger partial charge in [-0.05, 0) is 38.0 Å². The fraction of sp³-hybridized carbons (Fsp3) is 0.389. The molecule has 1 aromatic carbocycles. The SMILES string of the molecule is Cc1csc(NC(=O)C2CCN(S(=O)(=O)c3ccc4c(c3)sc(=O)n4C)CC2)n1. The van der Waals surface area contributed by atoms with Crippen LogP contribution in [0.15, 0.2) is 33.3 Å². The second-order valence-electron chi connectivity index (χ2n) is 7.02. The Morgan fingerprint density at radius 1 is 1.28 bits per heavy atom. The van der Waals surface area contributed by atoms with Crippen molar-refractivity contribution in [1.82, 2.24) is 13.9 Å². The molecule has 3 aromatic rings. The van der Waals surface area contributed by atoms with Gasteiger partial charge in [0.05, 0.1) is 20.8 Å². The summed E-state index contributed by atoms with van der Waals surface area (Å²) in [6.45, 7) is 2.42. The topological polar surface area (TPSA) is 101 Å². The van der Waals surface area contributed by atoms with E-state index in [1.807, 2.05) is 12.3 Å². The molecule has 2 aromatic heterocycles. The highest BCUT2D eigenvalue weighted by molar-refractivity contribution is 7.89. The Morgan fingerprint density at radius 2 is 2.00 bits per heavy atom. The van der Waals surface area contributed by atoms with E-state index >= 15 is 0 Å². The molecule has 4 rings (SSSR count). The van der Waals surface area contributed by atoms with Crippen LogP contribution in [-0.4, -0.2) is 41.3 Å². The number of hydrogen-bond acceptors (Lipinski definition) is 7. The number of thiazole rings is 2. The third kappa shape index (κ3) is 3.87. The molecule has 11 heteroatoms. The van der Waals surface area contributed by atoms with Crippen LogP contribution in [0.4, 0.5) is 5.13 Å². The Hall–Kier alpha value is -2.08. The number of carbonyl (C=O) groups is 1. The van der Waals surface area contributed by atoms with Crippen molar-refractivity contribution in [3.05, 3.63) is 38.9 Å². The van der Waals surface area contributed by atoms with Crippen LogP contribution in [0.1, 0.15) is 18.5 Å². The number of aromatic nitrogens is 2. The molecule has 1 aliphatic heterocycles. The number of nitrogens with zero attached hydrogens (tertiary/aromatic N) is 3. The van der Waals surface area contributed by atoms with Crippen LogP contribution in [0.3, 0.4) is 0 Å². The quantitative estimate of drug-likeness (QED) is 0.655. The second-order valence-corrected chi connectivity index (χ2v) is 10.8. The summed E-state index contributed by atoms with van der Waals surface area (Å²) in [5.74, 6) is -0.362. The van der Waals surface area contributed by atoms with Crippen molar-refractivity contribution in [1.29, 1.82) is 0 Å². The first-order valence-corrected chi connectivity index (χ1v) is 12.2. The number of benzene rings is 1. The van der Waals surface area contributed by atoms with E-state index in [9.17, 15) is 18.0 Å². The summed E-state index contributed by atoms with van der Waals surface area (Å²) in [6, 6.07) is 4.75. The zero-order valence-electron chi connectivity index (χ0n) is 15.9. The minimum atomic E-state index is -3.68. The van der Waals surface area contributed by atoms with E-state index in [4.69, 9.17) is 0 Å². The van der Waals surface area contributed by atoms with Gasteiger partial charge in [0, 0.05) is 31.4 Å². The van der Waals surface area contributed by atoms with Crippen molar-refractivity contribution in [2.75, 3.05) is 18.4 Å². The van der Waals surface area contributed by atoms with Gasteiger partial charge in [-0.2, -0.15) is 4.31 Å². The molecule has 1 amide bonds. The molecular formula is C18H20N4O4S3. The molecule has 0 radical (unpaired) electrons. The number of fused-ring (bicyclic) bond motifs is 1. The van der Waals surface area contributed by atoms with Crippen LogP contribution in [0.25, 0.3) is 10.2 Å². The number of sulfonamides is 1. The van der Waals surface area contributed by atoms with E-state index in [0.29, 0.717) is 28.2 Å². The van der Waals surface area contributed by atoms with Gasteiger partial charge in [-0.3, -0.25) is 9.59 Å². The normalized spacial score (nSPS) is 16.3. The number of amides is 1.